The first-order chi connectivity index (χ1) is 4.85. The molecular formula is C8H17OS+. The van der Waals surface area contributed by atoms with Crippen LogP contribution < -0.4 is 0 Å². The molecule has 1 atom stereocenters. The lowest BCUT2D eigenvalue weighted by Gasteiger charge is -2.03. The van der Waals surface area contributed by atoms with Crippen molar-refractivity contribution in [1.29, 1.82) is 0 Å². The zero-order chi connectivity index (χ0) is 7.82. The van der Waals surface area contributed by atoms with E-state index < -0.39 is 0 Å². The summed E-state index contributed by atoms with van der Waals surface area (Å²) in [7, 11) is 0. The third-order valence-corrected chi connectivity index (χ3v) is 2.45. The summed E-state index contributed by atoms with van der Waals surface area (Å²) in [5.74, 6) is 1.47. The molecule has 2 heteroatoms. The van der Waals surface area contributed by atoms with E-state index in [-0.39, 0.29) is 0 Å². The molecule has 60 valence electrons. The first-order valence-corrected chi connectivity index (χ1v) is 5.00. The minimum atomic E-state index is 0.669. The monoisotopic (exact) mass is 161 g/mol. The molecule has 10 heavy (non-hydrogen) atoms. The molecule has 0 rings (SSSR count). The zero-order valence-corrected chi connectivity index (χ0v) is 7.75. The van der Waals surface area contributed by atoms with E-state index in [1.165, 1.54) is 19.3 Å². The fraction of sp³-hybridized carbons (Fsp3) is 1.00. The van der Waals surface area contributed by atoms with E-state index in [1.807, 2.05) is 0 Å². The molecule has 1 nitrogen and oxygen atoms in total. The Bertz CT molecular complexity index is 83.3. The Morgan fingerprint density at radius 2 is 2.10 bits per heavy atom. The van der Waals surface area contributed by atoms with Gasteiger partial charge in [-0.2, -0.15) is 0 Å². The third-order valence-electron chi connectivity index (χ3n) is 1.85. The van der Waals surface area contributed by atoms with Crippen LogP contribution in [0, 0.1) is 5.92 Å². The average Bonchev–Trinajstić information content (AvgIpc) is 1.98. The SMILES string of the molecule is CCCCC(CC)C[S+]=O. The Morgan fingerprint density at radius 1 is 1.40 bits per heavy atom. The second kappa shape index (κ2) is 7.13. The van der Waals surface area contributed by atoms with Crippen LogP contribution in [0.1, 0.15) is 39.5 Å². The van der Waals surface area contributed by atoms with Crippen LogP contribution in [0.25, 0.3) is 0 Å². The second-order valence-corrected chi connectivity index (χ2v) is 3.27. The summed E-state index contributed by atoms with van der Waals surface area (Å²) in [4.78, 5) is 0. The average molecular weight is 161 g/mol. The van der Waals surface area contributed by atoms with Crippen molar-refractivity contribution >= 4 is 11.7 Å². The molecule has 0 aliphatic heterocycles. The smallest absolute Gasteiger partial charge is 0.0654 e. The molecule has 0 bridgehead atoms. The quantitative estimate of drug-likeness (QED) is 0.547. The number of hydrogen-bond acceptors (Lipinski definition) is 1. The fourth-order valence-electron chi connectivity index (χ4n) is 0.994. The van der Waals surface area contributed by atoms with Crippen molar-refractivity contribution < 1.29 is 4.21 Å². The first kappa shape index (κ1) is 10.0. The molecule has 0 aromatic rings. The van der Waals surface area contributed by atoms with Gasteiger partial charge in [0.05, 0.1) is 0 Å². The van der Waals surface area contributed by atoms with Crippen LogP contribution in [0.4, 0.5) is 0 Å². The minimum absolute atomic E-state index is 0.669. The summed E-state index contributed by atoms with van der Waals surface area (Å²) in [5, 5.41) is 0. The molecule has 0 fully saturated rings. The Morgan fingerprint density at radius 3 is 2.50 bits per heavy atom. The lowest BCUT2D eigenvalue weighted by atomic mass is 10.0. The van der Waals surface area contributed by atoms with Gasteiger partial charge in [0, 0.05) is 10.1 Å². The summed E-state index contributed by atoms with van der Waals surface area (Å²) >= 11 is 0.735. The van der Waals surface area contributed by atoms with E-state index in [1.54, 1.807) is 0 Å². The van der Waals surface area contributed by atoms with Gasteiger partial charge in [0.1, 0.15) is 0 Å². The molecule has 0 N–H and O–H groups in total. The highest BCUT2D eigenvalue weighted by atomic mass is 32.1. The molecule has 0 amide bonds. The summed E-state index contributed by atoms with van der Waals surface area (Å²) < 4.78 is 10.2. The van der Waals surface area contributed by atoms with E-state index in [9.17, 15) is 4.21 Å². The van der Waals surface area contributed by atoms with E-state index in [0.29, 0.717) is 5.92 Å². The van der Waals surface area contributed by atoms with Gasteiger partial charge < -0.3 is 0 Å². The molecule has 0 saturated carbocycles. The van der Waals surface area contributed by atoms with Crippen LogP contribution in [-0.4, -0.2) is 5.75 Å². The number of rotatable bonds is 6. The second-order valence-electron chi connectivity index (χ2n) is 2.70. The topological polar surface area (TPSA) is 17.1 Å². The van der Waals surface area contributed by atoms with Crippen molar-refractivity contribution in [3.8, 4) is 0 Å². The highest BCUT2D eigenvalue weighted by molar-refractivity contribution is 7.65. The maximum atomic E-state index is 10.2. The van der Waals surface area contributed by atoms with Crippen LogP contribution >= 0.6 is 0 Å². The molecular weight excluding hydrogens is 144 g/mol. The van der Waals surface area contributed by atoms with Gasteiger partial charge >= 0.3 is 11.7 Å². The van der Waals surface area contributed by atoms with E-state index in [0.717, 1.165) is 23.8 Å². The number of unbranched alkanes of at least 4 members (excludes halogenated alkanes) is 1. The zero-order valence-electron chi connectivity index (χ0n) is 6.93. The Kier molecular flexibility index (Phi) is 7.15. The summed E-state index contributed by atoms with van der Waals surface area (Å²) in [6, 6.07) is 0. The van der Waals surface area contributed by atoms with E-state index >= 15 is 0 Å². The molecule has 0 aromatic carbocycles. The maximum Gasteiger partial charge on any atom is 0.458 e. The van der Waals surface area contributed by atoms with Gasteiger partial charge in [0.25, 0.3) is 0 Å². The largest absolute Gasteiger partial charge is 0.458 e. The predicted octanol–water partition coefficient (Wildman–Crippen LogP) is 2.63. The number of hydrogen-bond donors (Lipinski definition) is 0. The van der Waals surface area contributed by atoms with Gasteiger partial charge in [-0.3, -0.25) is 0 Å². The molecule has 0 spiro atoms. The van der Waals surface area contributed by atoms with E-state index in [4.69, 9.17) is 0 Å². The third kappa shape index (κ3) is 4.86. The van der Waals surface area contributed by atoms with Crippen LogP contribution in [0.15, 0.2) is 0 Å². The summed E-state index contributed by atoms with van der Waals surface area (Å²) in [5.41, 5.74) is 0. The molecule has 0 aromatic heterocycles. The van der Waals surface area contributed by atoms with Crippen molar-refractivity contribution in [1.82, 2.24) is 0 Å². The summed E-state index contributed by atoms with van der Waals surface area (Å²) in [6.45, 7) is 4.35. The Hall–Kier alpha value is 0.0200. The van der Waals surface area contributed by atoms with Gasteiger partial charge in [-0.15, -0.1) is 0 Å². The van der Waals surface area contributed by atoms with Crippen molar-refractivity contribution in [2.75, 3.05) is 5.75 Å². The van der Waals surface area contributed by atoms with Crippen molar-refractivity contribution in [3.63, 3.8) is 0 Å². The highest BCUT2D eigenvalue weighted by Gasteiger charge is 2.12. The summed E-state index contributed by atoms with van der Waals surface area (Å²) in [6.07, 6.45) is 4.93. The molecule has 1 unspecified atom stereocenters. The van der Waals surface area contributed by atoms with Crippen molar-refractivity contribution in [2.45, 2.75) is 39.5 Å². The Labute approximate surface area is 67.7 Å². The fourth-order valence-corrected chi connectivity index (χ4v) is 1.59. The first-order valence-electron chi connectivity index (χ1n) is 4.09. The van der Waals surface area contributed by atoms with Gasteiger partial charge in [-0.25, -0.2) is 0 Å². The standard InChI is InChI=1S/C8H17OS/c1-3-5-6-8(4-2)7-10-9/h8H,3-7H2,1-2H3/q+1. The highest BCUT2D eigenvalue weighted by Crippen LogP contribution is 2.11. The minimum Gasteiger partial charge on any atom is -0.0654 e. The van der Waals surface area contributed by atoms with Gasteiger partial charge in [-0.1, -0.05) is 26.7 Å². The van der Waals surface area contributed by atoms with Crippen LogP contribution in [0.3, 0.4) is 0 Å². The molecule has 0 radical (unpaired) electrons. The Balaban J connectivity index is 3.29. The van der Waals surface area contributed by atoms with Gasteiger partial charge in [-0.05, 0) is 12.8 Å². The van der Waals surface area contributed by atoms with Gasteiger partial charge in [0.2, 0.25) is 5.75 Å². The van der Waals surface area contributed by atoms with E-state index in [2.05, 4.69) is 13.8 Å². The normalized spacial score (nSPS) is 13.0. The van der Waals surface area contributed by atoms with Crippen LogP contribution in [0.5, 0.6) is 0 Å². The predicted molar refractivity (Wildman–Crippen MR) is 46.2 cm³/mol. The lowest BCUT2D eigenvalue weighted by molar-refractivity contribution is 0.493. The lowest BCUT2D eigenvalue weighted by Crippen LogP contribution is -2.03. The van der Waals surface area contributed by atoms with Crippen LogP contribution in [-0.2, 0) is 15.9 Å². The maximum absolute atomic E-state index is 10.2. The molecule has 0 heterocycles. The molecule has 0 aliphatic carbocycles. The van der Waals surface area contributed by atoms with Gasteiger partial charge in [0.15, 0.2) is 0 Å². The van der Waals surface area contributed by atoms with Crippen molar-refractivity contribution in [2.24, 2.45) is 5.92 Å². The van der Waals surface area contributed by atoms with Crippen molar-refractivity contribution in [3.05, 3.63) is 0 Å². The molecule has 0 aliphatic rings. The van der Waals surface area contributed by atoms with Crippen LogP contribution in [0.2, 0.25) is 0 Å². The molecule has 0 saturated heterocycles.